The molecular weight excluding hydrogens is 344 g/mol. The average Bonchev–Trinajstić information content (AvgIpc) is 2.98. The second-order valence-corrected chi connectivity index (χ2v) is 7.31. The smallest absolute Gasteiger partial charge is 0.241 e. The third-order valence-corrected chi connectivity index (χ3v) is 5.32. The molecule has 8 heteroatoms. The quantitative estimate of drug-likeness (QED) is 0.686. The molecule has 0 saturated heterocycles. The lowest BCUT2D eigenvalue weighted by molar-refractivity contribution is 0.557. The number of aromatic nitrogens is 3. The number of nitrogens with one attached hydrogen (secondary N) is 2. The topological polar surface area (TPSA) is 79.8 Å². The van der Waals surface area contributed by atoms with Crippen LogP contribution in [-0.4, -0.2) is 23.2 Å². The minimum atomic E-state index is -3.65. The van der Waals surface area contributed by atoms with E-state index in [1.807, 2.05) is 30.3 Å². The molecule has 24 heavy (non-hydrogen) atoms. The zero-order valence-electron chi connectivity index (χ0n) is 12.9. The lowest BCUT2D eigenvalue weighted by Crippen LogP contribution is -2.28. The van der Waals surface area contributed by atoms with E-state index in [9.17, 15) is 8.42 Å². The highest BCUT2D eigenvalue weighted by Gasteiger charge is 2.22. The molecule has 0 fully saturated rings. The van der Waals surface area contributed by atoms with Gasteiger partial charge in [-0.3, -0.25) is 9.67 Å². The highest BCUT2D eigenvalue weighted by atomic mass is 32.2. The second kappa shape index (κ2) is 6.68. The summed E-state index contributed by atoms with van der Waals surface area (Å²) < 4.78 is 29.7. The van der Waals surface area contributed by atoms with Crippen molar-refractivity contribution in [1.29, 1.82) is 0 Å². The molecule has 1 atom stereocenters. The SMILES string of the molecule is C[C@@H](NS(=O)(=O)c1ccccc1)c1n[nH]c(=S)n1-c1ccccc1. The van der Waals surface area contributed by atoms with Crippen LogP contribution in [0.3, 0.4) is 0 Å². The summed E-state index contributed by atoms with van der Waals surface area (Å²) in [5.41, 5.74) is 0.817. The molecule has 6 nitrogen and oxygen atoms in total. The molecule has 0 unspecified atom stereocenters. The van der Waals surface area contributed by atoms with Gasteiger partial charge in [0.1, 0.15) is 0 Å². The molecular formula is C16H16N4O2S2. The van der Waals surface area contributed by atoms with Gasteiger partial charge in [-0.2, -0.15) is 5.10 Å². The largest absolute Gasteiger partial charge is 0.271 e. The third kappa shape index (κ3) is 3.30. The Bertz CT molecular complexity index is 980. The van der Waals surface area contributed by atoms with E-state index in [2.05, 4.69) is 14.9 Å². The molecule has 1 heterocycles. The van der Waals surface area contributed by atoms with Crippen LogP contribution in [0, 0.1) is 4.77 Å². The molecule has 2 N–H and O–H groups in total. The fraction of sp³-hybridized carbons (Fsp3) is 0.125. The number of para-hydroxylation sites is 1. The molecule has 0 radical (unpaired) electrons. The van der Waals surface area contributed by atoms with Crippen LogP contribution in [0.5, 0.6) is 0 Å². The molecule has 3 rings (SSSR count). The molecule has 0 amide bonds. The van der Waals surface area contributed by atoms with Crippen LogP contribution in [-0.2, 0) is 10.0 Å². The van der Waals surface area contributed by atoms with E-state index in [0.717, 1.165) is 5.69 Å². The Labute approximate surface area is 145 Å². The van der Waals surface area contributed by atoms with E-state index in [1.165, 1.54) is 0 Å². The predicted octanol–water partition coefficient (Wildman–Crippen LogP) is 2.97. The fourth-order valence-corrected chi connectivity index (χ4v) is 3.85. The van der Waals surface area contributed by atoms with Crippen LogP contribution in [0.25, 0.3) is 5.69 Å². The first kappa shape index (κ1) is 16.6. The van der Waals surface area contributed by atoms with E-state index in [1.54, 1.807) is 41.8 Å². The van der Waals surface area contributed by atoms with E-state index in [4.69, 9.17) is 12.2 Å². The fourth-order valence-electron chi connectivity index (χ4n) is 2.38. The molecule has 0 spiro atoms. The van der Waals surface area contributed by atoms with Crippen molar-refractivity contribution in [2.24, 2.45) is 0 Å². The first-order valence-electron chi connectivity index (χ1n) is 7.29. The van der Waals surface area contributed by atoms with Crippen molar-refractivity contribution in [3.05, 3.63) is 71.3 Å². The van der Waals surface area contributed by atoms with Crippen molar-refractivity contribution in [2.45, 2.75) is 17.9 Å². The number of benzene rings is 2. The van der Waals surface area contributed by atoms with Gasteiger partial charge in [0.15, 0.2) is 10.6 Å². The maximum atomic E-state index is 12.5. The molecule has 0 aliphatic rings. The molecule has 0 aliphatic carbocycles. The van der Waals surface area contributed by atoms with E-state index in [0.29, 0.717) is 10.6 Å². The Hall–Kier alpha value is -2.29. The highest BCUT2D eigenvalue weighted by Crippen LogP contribution is 2.19. The van der Waals surface area contributed by atoms with Gasteiger partial charge in [0.05, 0.1) is 10.9 Å². The van der Waals surface area contributed by atoms with Crippen LogP contribution >= 0.6 is 12.2 Å². The minimum absolute atomic E-state index is 0.206. The van der Waals surface area contributed by atoms with Gasteiger partial charge in [0.25, 0.3) is 0 Å². The zero-order chi connectivity index (χ0) is 17.2. The maximum absolute atomic E-state index is 12.5. The lowest BCUT2D eigenvalue weighted by Gasteiger charge is -2.15. The maximum Gasteiger partial charge on any atom is 0.241 e. The summed E-state index contributed by atoms with van der Waals surface area (Å²) in [6.07, 6.45) is 0. The van der Waals surface area contributed by atoms with Crippen molar-refractivity contribution in [1.82, 2.24) is 19.5 Å². The number of rotatable bonds is 5. The average molecular weight is 360 g/mol. The number of H-pyrrole nitrogens is 1. The summed E-state index contributed by atoms with van der Waals surface area (Å²) >= 11 is 5.28. The van der Waals surface area contributed by atoms with E-state index < -0.39 is 16.1 Å². The number of nitrogens with zero attached hydrogens (tertiary/aromatic N) is 2. The lowest BCUT2D eigenvalue weighted by atomic mass is 10.3. The highest BCUT2D eigenvalue weighted by molar-refractivity contribution is 7.89. The van der Waals surface area contributed by atoms with Crippen molar-refractivity contribution in [3.8, 4) is 5.69 Å². The Morgan fingerprint density at radius 3 is 2.29 bits per heavy atom. The summed E-state index contributed by atoms with van der Waals surface area (Å²) in [7, 11) is -3.65. The summed E-state index contributed by atoms with van der Waals surface area (Å²) in [4.78, 5) is 0.206. The molecule has 3 aromatic rings. The first-order chi connectivity index (χ1) is 11.5. The zero-order valence-corrected chi connectivity index (χ0v) is 14.5. The van der Waals surface area contributed by atoms with Gasteiger partial charge in [0, 0.05) is 5.69 Å². The van der Waals surface area contributed by atoms with Crippen LogP contribution in [0.15, 0.2) is 65.6 Å². The molecule has 2 aromatic carbocycles. The van der Waals surface area contributed by atoms with Crippen LogP contribution < -0.4 is 4.72 Å². The van der Waals surface area contributed by atoms with Crippen LogP contribution in [0.4, 0.5) is 0 Å². The van der Waals surface area contributed by atoms with Gasteiger partial charge in [-0.05, 0) is 43.4 Å². The molecule has 1 aromatic heterocycles. The summed E-state index contributed by atoms with van der Waals surface area (Å²) in [5.74, 6) is 0.491. The third-order valence-electron chi connectivity index (χ3n) is 3.49. The predicted molar refractivity (Wildman–Crippen MR) is 93.9 cm³/mol. The van der Waals surface area contributed by atoms with E-state index in [-0.39, 0.29) is 4.90 Å². The molecule has 124 valence electrons. The van der Waals surface area contributed by atoms with Crippen molar-refractivity contribution in [2.75, 3.05) is 0 Å². The summed E-state index contributed by atoms with van der Waals surface area (Å²) in [6.45, 7) is 1.73. The minimum Gasteiger partial charge on any atom is -0.271 e. The van der Waals surface area contributed by atoms with Gasteiger partial charge in [-0.25, -0.2) is 13.1 Å². The van der Waals surface area contributed by atoms with Crippen molar-refractivity contribution >= 4 is 22.2 Å². The number of hydrogen-bond donors (Lipinski definition) is 2. The van der Waals surface area contributed by atoms with Gasteiger partial charge in [-0.1, -0.05) is 36.4 Å². The van der Waals surface area contributed by atoms with Crippen molar-refractivity contribution in [3.63, 3.8) is 0 Å². The molecule has 0 bridgehead atoms. The van der Waals surface area contributed by atoms with Crippen LogP contribution in [0.1, 0.15) is 18.8 Å². The first-order valence-corrected chi connectivity index (χ1v) is 9.18. The molecule has 0 aliphatic heterocycles. The monoisotopic (exact) mass is 360 g/mol. The summed E-state index contributed by atoms with van der Waals surface area (Å²) in [5, 5.41) is 6.91. The Morgan fingerprint density at radius 2 is 1.67 bits per heavy atom. The number of sulfonamides is 1. The van der Waals surface area contributed by atoms with Gasteiger partial charge in [-0.15, -0.1) is 0 Å². The van der Waals surface area contributed by atoms with Gasteiger partial charge in [0.2, 0.25) is 10.0 Å². The summed E-state index contributed by atoms with van der Waals surface area (Å²) in [6, 6.07) is 17.1. The van der Waals surface area contributed by atoms with Gasteiger partial charge < -0.3 is 0 Å². The Morgan fingerprint density at radius 1 is 1.08 bits per heavy atom. The van der Waals surface area contributed by atoms with Gasteiger partial charge >= 0.3 is 0 Å². The van der Waals surface area contributed by atoms with Crippen molar-refractivity contribution < 1.29 is 8.42 Å². The number of hydrogen-bond acceptors (Lipinski definition) is 4. The molecule has 0 saturated carbocycles. The Balaban J connectivity index is 1.95. The van der Waals surface area contributed by atoms with E-state index >= 15 is 0 Å². The standard InChI is InChI=1S/C16H16N4O2S2/c1-12(19-24(21,22)14-10-6-3-7-11-14)15-17-18-16(23)20(15)13-8-4-2-5-9-13/h2-12,19H,1H3,(H,18,23)/t12-/m1/s1. The second-order valence-electron chi connectivity index (χ2n) is 5.21. The Kier molecular flexibility index (Phi) is 4.61. The van der Waals surface area contributed by atoms with Crippen LogP contribution in [0.2, 0.25) is 0 Å². The number of aromatic amines is 1. The normalized spacial score (nSPS) is 12.9.